The van der Waals surface area contributed by atoms with Gasteiger partial charge in [-0.25, -0.2) is 0 Å². The summed E-state index contributed by atoms with van der Waals surface area (Å²) in [5, 5.41) is 6.91. The van der Waals surface area contributed by atoms with Crippen LogP contribution in [0.25, 0.3) is 0 Å². The summed E-state index contributed by atoms with van der Waals surface area (Å²) < 4.78 is 0. The van der Waals surface area contributed by atoms with Gasteiger partial charge in [0, 0.05) is 19.3 Å². The molecule has 0 aliphatic rings. The molecule has 0 bridgehead atoms. The third-order valence-corrected chi connectivity index (χ3v) is 2.78. The molecule has 1 heterocycles. The molecule has 0 atom stereocenters. The normalized spacial score (nSPS) is 10.3. The van der Waals surface area contributed by atoms with Gasteiger partial charge in [0.25, 0.3) is 0 Å². The highest BCUT2D eigenvalue weighted by molar-refractivity contribution is 5.78. The van der Waals surface area contributed by atoms with Crippen molar-refractivity contribution in [2.45, 2.75) is 19.9 Å². The first-order valence-corrected chi connectivity index (χ1v) is 5.94. The summed E-state index contributed by atoms with van der Waals surface area (Å²) in [6.07, 6.45) is 0.341. The van der Waals surface area contributed by atoms with Crippen LogP contribution in [0.1, 0.15) is 17.0 Å². The molecule has 0 saturated heterocycles. The molecule has 0 radical (unpaired) electrons. The molecular formula is C14H17N3O. The maximum atomic E-state index is 12.0. The van der Waals surface area contributed by atoms with E-state index in [1.165, 1.54) is 0 Å². The molecule has 0 fully saturated rings. The maximum absolute atomic E-state index is 12.0. The zero-order valence-electron chi connectivity index (χ0n) is 10.7. The minimum absolute atomic E-state index is 0.0744. The number of nitrogens with zero attached hydrogens (tertiary/aromatic N) is 2. The van der Waals surface area contributed by atoms with Crippen LogP contribution in [0.15, 0.2) is 36.4 Å². The molecular weight excluding hydrogens is 226 g/mol. The average molecular weight is 243 g/mol. The van der Waals surface area contributed by atoms with Crippen LogP contribution in [0.2, 0.25) is 0 Å². The summed E-state index contributed by atoms with van der Waals surface area (Å²) in [7, 11) is 1.81. The second-order valence-electron chi connectivity index (χ2n) is 4.45. The lowest BCUT2D eigenvalue weighted by molar-refractivity contribution is -0.129. The lowest BCUT2D eigenvalue weighted by Gasteiger charge is -2.16. The zero-order chi connectivity index (χ0) is 13.0. The standard InChI is InChI=1S/C14H17N3O/c1-11-8-13(16-15-11)9-14(18)17(2)10-12-6-4-3-5-7-12/h3-8H,9-10H2,1-2H3,(H,15,16). The molecule has 0 saturated carbocycles. The highest BCUT2D eigenvalue weighted by Crippen LogP contribution is 2.06. The van der Waals surface area contributed by atoms with Crippen molar-refractivity contribution in [3.05, 3.63) is 53.3 Å². The predicted octanol–water partition coefficient (Wildman–Crippen LogP) is 1.92. The quantitative estimate of drug-likeness (QED) is 0.891. The van der Waals surface area contributed by atoms with Gasteiger partial charge < -0.3 is 4.90 Å². The van der Waals surface area contributed by atoms with Crippen LogP contribution >= 0.6 is 0 Å². The number of carbonyl (C=O) groups excluding carboxylic acids is 1. The van der Waals surface area contributed by atoms with E-state index in [4.69, 9.17) is 0 Å². The Morgan fingerprint density at radius 2 is 2.06 bits per heavy atom. The smallest absolute Gasteiger partial charge is 0.228 e. The first-order chi connectivity index (χ1) is 8.65. The Kier molecular flexibility index (Phi) is 3.77. The second-order valence-corrected chi connectivity index (χ2v) is 4.45. The number of likely N-dealkylation sites (N-methyl/N-ethyl adjacent to an activating group) is 1. The number of H-pyrrole nitrogens is 1. The Morgan fingerprint density at radius 3 is 2.67 bits per heavy atom. The third kappa shape index (κ3) is 3.20. The van der Waals surface area contributed by atoms with Crippen LogP contribution in [-0.2, 0) is 17.8 Å². The lowest BCUT2D eigenvalue weighted by atomic mass is 10.2. The molecule has 0 spiro atoms. The van der Waals surface area contributed by atoms with Gasteiger partial charge in [-0.05, 0) is 18.6 Å². The molecule has 4 nitrogen and oxygen atoms in total. The number of carbonyl (C=O) groups is 1. The van der Waals surface area contributed by atoms with Gasteiger partial charge in [-0.15, -0.1) is 0 Å². The molecule has 94 valence electrons. The summed E-state index contributed by atoms with van der Waals surface area (Å²) >= 11 is 0. The van der Waals surface area contributed by atoms with Crippen molar-refractivity contribution in [3.8, 4) is 0 Å². The number of nitrogens with one attached hydrogen (secondary N) is 1. The fraction of sp³-hybridized carbons (Fsp3) is 0.286. The van der Waals surface area contributed by atoms with Crippen LogP contribution in [-0.4, -0.2) is 28.1 Å². The molecule has 1 aromatic carbocycles. The number of aromatic nitrogens is 2. The largest absolute Gasteiger partial charge is 0.341 e. The van der Waals surface area contributed by atoms with Crippen molar-refractivity contribution in [3.63, 3.8) is 0 Å². The van der Waals surface area contributed by atoms with Gasteiger partial charge in [-0.1, -0.05) is 30.3 Å². The minimum Gasteiger partial charge on any atom is -0.341 e. The monoisotopic (exact) mass is 243 g/mol. The summed E-state index contributed by atoms with van der Waals surface area (Å²) in [6, 6.07) is 11.9. The van der Waals surface area contributed by atoms with E-state index in [-0.39, 0.29) is 5.91 Å². The van der Waals surface area contributed by atoms with Crippen LogP contribution in [0.4, 0.5) is 0 Å². The van der Waals surface area contributed by atoms with Gasteiger partial charge in [-0.2, -0.15) is 5.10 Å². The Labute approximate surface area is 107 Å². The van der Waals surface area contributed by atoms with Crippen molar-refractivity contribution < 1.29 is 4.79 Å². The summed E-state index contributed by atoms with van der Waals surface area (Å²) in [5.41, 5.74) is 2.90. The molecule has 0 aliphatic heterocycles. The highest BCUT2D eigenvalue weighted by atomic mass is 16.2. The lowest BCUT2D eigenvalue weighted by Crippen LogP contribution is -2.27. The van der Waals surface area contributed by atoms with Crippen LogP contribution in [0, 0.1) is 6.92 Å². The molecule has 18 heavy (non-hydrogen) atoms. The fourth-order valence-corrected chi connectivity index (χ4v) is 1.80. The zero-order valence-corrected chi connectivity index (χ0v) is 10.7. The summed E-state index contributed by atoms with van der Waals surface area (Å²) in [5.74, 6) is 0.0744. The van der Waals surface area contributed by atoms with Crippen molar-refractivity contribution in [1.29, 1.82) is 0 Å². The first-order valence-electron chi connectivity index (χ1n) is 5.94. The van der Waals surface area contributed by atoms with Gasteiger partial charge in [0.05, 0.1) is 12.1 Å². The predicted molar refractivity (Wildman–Crippen MR) is 69.9 cm³/mol. The van der Waals surface area contributed by atoms with Gasteiger partial charge in [-0.3, -0.25) is 9.89 Å². The van der Waals surface area contributed by atoms with Crippen molar-refractivity contribution >= 4 is 5.91 Å². The van der Waals surface area contributed by atoms with E-state index in [9.17, 15) is 4.79 Å². The number of aryl methyl sites for hydroxylation is 1. The Morgan fingerprint density at radius 1 is 1.33 bits per heavy atom. The van der Waals surface area contributed by atoms with E-state index >= 15 is 0 Å². The van der Waals surface area contributed by atoms with Gasteiger partial charge in [0.1, 0.15) is 0 Å². The van der Waals surface area contributed by atoms with E-state index in [0.717, 1.165) is 17.0 Å². The second kappa shape index (κ2) is 5.49. The highest BCUT2D eigenvalue weighted by Gasteiger charge is 2.11. The molecule has 2 aromatic rings. The molecule has 0 aliphatic carbocycles. The molecule has 2 rings (SSSR count). The molecule has 1 amide bonds. The van der Waals surface area contributed by atoms with Crippen LogP contribution < -0.4 is 0 Å². The van der Waals surface area contributed by atoms with E-state index in [1.54, 1.807) is 4.90 Å². The molecule has 1 aromatic heterocycles. The van der Waals surface area contributed by atoms with E-state index in [2.05, 4.69) is 10.2 Å². The third-order valence-electron chi connectivity index (χ3n) is 2.78. The average Bonchev–Trinajstić information content (AvgIpc) is 2.76. The summed E-state index contributed by atoms with van der Waals surface area (Å²) in [4.78, 5) is 13.7. The molecule has 4 heteroatoms. The summed E-state index contributed by atoms with van der Waals surface area (Å²) in [6.45, 7) is 2.55. The van der Waals surface area contributed by atoms with Crippen molar-refractivity contribution in [2.75, 3.05) is 7.05 Å². The fourth-order valence-electron chi connectivity index (χ4n) is 1.80. The minimum atomic E-state index is 0.0744. The Bertz CT molecular complexity index is 519. The number of hydrogen-bond acceptors (Lipinski definition) is 2. The molecule has 1 N–H and O–H groups in total. The van der Waals surface area contributed by atoms with E-state index in [0.29, 0.717) is 13.0 Å². The number of rotatable bonds is 4. The van der Waals surface area contributed by atoms with Crippen LogP contribution in [0.5, 0.6) is 0 Å². The van der Waals surface area contributed by atoms with Crippen LogP contribution in [0.3, 0.4) is 0 Å². The number of benzene rings is 1. The Hall–Kier alpha value is -2.10. The first kappa shape index (κ1) is 12.4. The van der Waals surface area contributed by atoms with Gasteiger partial charge in [0.2, 0.25) is 5.91 Å². The maximum Gasteiger partial charge on any atom is 0.228 e. The molecule has 0 unspecified atom stereocenters. The topological polar surface area (TPSA) is 49.0 Å². The number of aromatic amines is 1. The van der Waals surface area contributed by atoms with E-state index in [1.807, 2.05) is 50.4 Å². The number of amides is 1. The van der Waals surface area contributed by atoms with Gasteiger partial charge in [0.15, 0.2) is 0 Å². The van der Waals surface area contributed by atoms with Crippen molar-refractivity contribution in [2.24, 2.45) is 0 Å². The van der Waals surface area contributed by atoms with E-state index < -0.39 is 0 Å². The van der Waals surface area contributed by atoms with Crippen molar-refractivity contribution in [1.82, 2.24) is 15.1 Å². The number of hydrogen-bond donors (Lipinski definition) is 1. The SMILES string of the molecule is Cc1cc(CC(=O)N(C)Cc2ccccc2)n[nH]1. The Balaban J connectivity index is 1.93. The van der Waals surface area contributed by atoms with Gasteiger partial charge >= 0.3 is 0 Å².